The van der Waals surface area contributed by atoms with Gasteiger partial charge in [-0.15, -0.1) is 0 Å². The highest BCUT2D eigenvalue weighted by molar-refractivity contribution is 5.30. The average molecular weight is 374 g/mol. The number of fused-ring (bicyclic) bond motifs is 1. The molecule has 146 valence electrons. The van der Waals surface area contributed by atoms with Crippen LogP contribution in [0.2, 0.25) is 0 Å². The Morgan fingerprint density at radius 3 is 2.89 bits per heavy atom. The second kappa shape index (κ2) is 8.37. The summed E-state index contributed by atoms with van der Waals surface area (Å²) in [4.78, 5) is 4.67. The lowest BCUT2D eigenvalue weighted by atomic mass is 10.1. The van der Waals surface area contributed by atoms with Gasteiger partial charge < -0.3 is 9.47 Å². The summed E-state index contributed by atoms with van der Waals surface area (Å²) in [6.45, 7) is 7.60. The topological polar surface area (TPSA) is 42.8 Å². The van der Waals surface area contributed by atoms with Crippen molar-refractivity contribution in [3.05, 3.63) is 47.0 Å². The van der Waals surface area contributed by atoms with Crippen molar-refractivity contribution in [2.24, 2.45) is 0 Å². The largest absolute Gasteiger partial charge is 0.497 e. The van der Waals surface area contributed by atoms with Crippen LogP contribution in [0, 0.1) is 5.82 Å². The van der Waals surface area contributed by atoms with Gasteiger partial charge in [0, 0.05) is 51.4 Å². The number of aromatic nitrogens is 2. The smallest absolute Gasteiger partial charge is 0.127 e. The van der Waals surface area contributed by atoms with Crippen molar-refractivity contribution in [3.8, 4) is 5.75 Å². The van der Waals surface area contributed by atoms with E-state index < -0.39 is 0 Å². The van der Waals surface area contributed by atoms with Crippen molar-refractivity contribution in [1.29, 1.82) is 0 Å². The van der Waals surface area contributed by atoms with E-state index >= 15 is 0 Å². The fourth-order valence-electron chi connectivity index (χ4n) is 3.82. The molecule has 0 amide bonds. The molecule has 2 aliphatic heterocycles. The van der Waals surface area contributed by atoms with Crippen LogP contribution >= 0.6 is 0 Å². The summed E-state index contributed by atoms with van der Waals surface area (Å²) in [5.41, 5.74) is 2.99. The van der Waals surface area contributed by atoms with Gasteiger partial charge in [-0.25, -0.2) is 4.39 Å². The van der Waals surface area contributed by atoms with Crippen LogP contribution in [0.1, 0.15) is 23.4 Å². The van der Waals surface area contributed by atoms with Gasteiger partial charge in [0.05, 0.1) is 31.6 Å². The van der Waals surface area contributed by atoms with Gasteiger partial charge in [0.2, 0.25) is 0 Å². The zero-order chi connectivity index (χ0) is 18.6. The van der Waals surface area contributed by atoms with Crippen molar-refractivity contribution in [2.45, 2.75) is 32.6 Å². The number of hydrogen-bond donors (Lipinski definition) is 0. The Hall–Kier alpha value is -1.96. The number of hydrogen-bond acceptors (Lipinski definition) is 5. The second-order valence-electron chi connectivity index (χ2n) is 7.26. The minimum absolute atomic E-state index is 0.182. The quantitative estimate of drug-likeness (QED) is 0.803. The lowest BCUT2D eigenvalue weighted by Gasteiger charge is -2.27. The summed E-state index contributed by atoms with van der Waals surface area (Å²) in [7, 11) is 1.61. The van der Waals surface area contributed by atoms with Gasteiger partial charge in [0.25, 0.3) is 0 Å². The molecule has 0 radical (unpaired) electrons. The number of methoxy groups -OCH3 is 1. The van der Waals surface area contributed by atoms with Crippen LogP contribution in [-0.4, -0.2) is 59.5 Å². The third kappa shape index (κ3) is 4.48. The molecule has 0 bridgehead atoms. The van der Waals surface area contributed by atoms with Gasteiger partial charge in [-0.2, -0.15) is 5.10 Å². The van der Waals surface area contributed by atoms with Crippen molar-refractivity contribution >= 4 is 0 Å². The maximum Gasteiger partial charge on any atom is 0.127 e. The molecule has 6 nitrogen and oxygen atoms in total. The second-order valence-corrected chi connectivity index (χ2v) is 7.26. The van der Waals surface area contributed by atoms with Crippen LogP contribution in [-0.2, 0) is 30.9 Å². The van der Waals surface area contributed by atoms with E-state index in [1.54, 1.807) is 19.2 Å². The van der Waals surface area contributed by atoms with Gasteiger partial charge in [-0.05, 0) is 30.7 Å². The van der Waals surface area contributed by atoms with Gasteiger partial charge in [0.15, 0.2) is 0 Å². The molecule has 2 aromatic rings. The van der Waals surface area contributed by atoms with E-state index in [9.17, 15) is 4.39 Å². The van der Waals surface area contributed by atoms with Crippen LogP contribution in [0.5, 0.6) is 5.75 Å². The fraction of sp³-hybridized carbons (Fsp3) is 0.550. The molecule has 27 heavy (non-hydrogen) atoms. The molecule has 1 fully saturated rings. The maximum atomic E-state index is 14.1. The molecule has 1 saturated heterocycles. The van der Waals surface area contributed by atoms with Gasteiger partial charge >= 0.3 is 0 Å². The third-order valence-corrected chi connectivity index (χ3v) is 5.27. The van der Waals surface area contributed by atoms with Gasteiger partial charge in [-0.3, -0.25) is 14.5 Å². The van der Waals surface area contributed by atoms with E-state index in [2.05, 4.69) is 20.5 Å². The van der Waals surface area contributed by atoms with E-state index in [0.717, 1.165) is 64.6 Å². The van der Waals surface area contributed by atoms with Crippen molar-refractivity contribution in [3.63, 3.8) is 0 Å². The first-order chi connectivity index (χ1) is 13.2. The predicted molar refractivity (Wildman–Crippen MR) is 100 cm³/mol. The molecule has 2 aliphatic rings. The molecule has 0 atom stereocenters. The first-order valence-electron chi connectivity index (χ1n) is 9.62. The molecule has 7 heteroatoms. The van der Waals surface area contributed by atoms with Gasteiger partial charge in [-0.1, -0.05) is 0 Å². The van der Waals surface area contributed by atoms with E-state index in [1.807, 2.05) is 0 Å². The Labute approximate surface area is 159 Å². The summed E-state index contributed by atoms with van der Waals surface area (Å²) in [5, 5.41) is 4.78. The highest BCUT2D eigenvalue weighted by atomic mass is 19.1. The summed E-state index contributed by atoms with van der Waals surface area (Å²) >= 11 is 0. The SMILES string of the molecule is COc1ccc(F)c(CN2CCn3nc(CN4CCCOCC4)cc3C2)c1. The molecule has 0 N–H and O–H groups in total. The van der Waals surface area contributed by atoms with E-state index in [-0.39, 0.29) is 5.82 Å². The van der Waals surface area contributed by atoms with Crippen LogP contribution in [0.15, 0.2) is 24.3 Å². The summed E-state index contributed by atoms with van der Waals surface area (Å²) in [6, 6.07) is 7.11. The molecule has 4 rings (SSSR count). The number of halogens is 1. The van der Waals surface area contributed by atoms with Crippen LogP contribution < -0.4 is 4.74 Å². The van der Waals surface area contributed by atoms with E-state index in [4.69, 9.17) is 14.6 Å². The molecule has 0 saturated carbocycles. The standard InChI is InChI=1S/C20H27FN4O2/c1-26-19-3-4-20(21)16(11-19)13-24-6-7-25-18(15-24)12-17(22-25)14-23-5-2-9-27-10-8-23/h3-4,11-12H,2,5-10,13-15H2,1H3. The number of benzene rings is 1. The number of ether oxygens (including phenoxy) is 2. The molecule has 1 aromatic carbocycles. The molecular formula is C20H27FN4O2. The Bertz CT molecular complexity index is 771. The molecular weight excluding hydrogens is 347 g/mol. The van der Waals surface area contributed by atoms with Crippen LogP contribution in [0.25, 0.3) is 0 Å². The fourth-order valence-corrected chi connectivity index (χ4v) is 3.82. The van der Waals surface area contributed by atoms with Gasteiger partial charge in [0.1, 0.15) is 11.6 Å². The zero-order valence-electron chi connectivity index (χ0n) is 15.9. The molecule has 0 spiro atoms. The zero-order valence-corrected chi connectivity index (χ0v) is 15.9. The monoisotopic (exact) mass is 374 g/mol. The minimum atomic E-state index is -0.182. The summed E-state index contributed by atoms with van der Waals surface area (Å²) in [5.74, 6) is 0.510. The Morgan fingerprint density at radius 1 is 1.07 bits per heavy atom. The first-order valence-corrected chi connectivity index (χ1v) is 9.62. The highest BCUT2D eigenvalue weighted by Gasteiger charge is 2.21. The Kier molecular flexibility index (Phi) is 5.71. The van der Waals surface area contributed by atoms with Crippen LogP contribution in [0.4, 0.5) is 4.39 Å². The predicted octanol–water partition coefficient (Wildman–Crippen LogP) is 2.27. The van der Waals surface area contributed by atoms with E-state index in [1.165, 1.54) is 11.8 Å². The molecule has 1 aromatic heterocycles. The minimum Gasteiger partial charge on any atom is -0.497 e. The third-order valence-electron chi connectivity index (χ3n) is 5.27. The van der Waals surface area contributed by atoms with Crippen LogP contribution in [0.3, 0.4) is 0 Å². The highest BCUT2D eigenvalue weighted by Crippen LogP contribution is 2.21. The van der Waals surface area contributed by atoms with Crippen molar-refractivity contribution < 1.29 is 13.9 Å². The molecule has 3 heterocycles. The normalized spacial score (nSPS) is 18.9. The lowest BCUT2D eigenvalue weighted by Crippen LogP contribution is -2.33. The lowest BCUT2D eigenvalue weighted by molar-refractivity contribution is 0.140. The molecule has 0 aliphatic carbocycles. The molecule has 0 unspecified atom stereocenters. The Morgan fingerprint density at radius 2 is 2.00 bits per heavy atom. The summed E-state index contributed by atoms with van der Waals surface area (Å²) < 4.78 is 27.0. The average Bonchev–Trinajstić information content (AvgIpc) is 2.88. The van der Waals surface area contributed by atoms with E-state index in [0.29, 0.717) is 17.9 Å². The van der Waals surface area contributed by atoms with Crippen molar-refractivity contribution in [2.75, 3.05) is 40.0 Å². The van der Waals surface area contributed by atoms with Crippen molar-refractivity contribution in [1.82, 2.24) is 19.6 Å². The summed E-state index contributed by atoms with van der Waals surface area (Å²) in [6.07, 6.45) is 1.08. The maximum absolute atomic E-state index is 14.1. The number of nitrogens with zero attached hydrogens (tertiary/aromatic N) is 4. The Balaban J connectivity index is 1.40. The first kappa shape index (κ1) is 18.4. The number of rotatable bonds is 5.